The number of pyridine rings is 1. The van der Waals surface area contributed by atoms with E-state index in [9.17, 15) is 0 Å². The van der Waals surface area contributed by atoms with E-state index in [0.717, 1.165) is 72.0 Å². The molecule has 0 amide bonds. The molecule has 3 aromatic heterocycles. The number of hydrogen-bond donors (Lipinski definition) is 0. The van der Waals surface area contributed by atoms with Crippen molar-refractivity contribution in [2.45, 2.75) is 26.7 Å². The summed E-state index contributed by atoms with van der Waals surface area (Å²) in [5.74, 6) is 2.18. The highest BCUT2D eigenvalue weighted by Gasteiger charge is 2.32. The summed E-state index contributed by atoms with van der Waals surface area (Å²) in [5, 5.41) is 5.40. The second kappa shape index (κ2) is 5.92. The van der Waals surface area contributed by atoms with Gasteiger partial charge in [0.2, 0.25) is 5.69 Å². The number of aromatic nitrogens is 1. The molecule has 0 bridgehead atoms. The third-order valence-electron chi connectivity index (χ3n) is 6.91. The predicted octanol–water partition coefficient (Wildman–Crippen LogP) is 7.51. The number of ether oxygens (including phenoxy) is 1. The predicted molar refractivity (Wildman–Crippen MR) is 127 cm³/mol. The van der Waals surface area contributed by atoms with E-state index >= 15 is 0 Å². The number of benzene rings is 3. The lowest BCUT2D eigenvalue weighted by molar-refractivity contribution is -0.659. The second-order valence-corrected chi connectivity index (χ2v) is 9.14. The molecule has 4 nitrogen and oxygen atoms in total. The molecule has 0 saturated heterocycles. The van der Waals surface area contributed by atoms with Crippen LogP contribution in [0.5, 0.6) is 11.5 Å². The van der Waals surface area contributed by atoms with E-state index < -0.39 is 0 Å². The molecule has 0 aliphatic carbocycles. The van der Waals surface area contributed by atoms with E-state index in [4.69, 9.17) is 13.6 Å². The molecule has 0 radical (unpaired) electrons. The fraction of sp³-hybridized carbons (Fsp3) is 0.179. The van der Waals surface area contributed by atoms with Gasteiger partial charge in [0, 0.05) is 33.2 Å². The average molecular weight is 420 g/mol. The lowest BCUT2D eigenvalue weighted by Gasteiger charge is -2.20. The Hall–Kier alpha value is -3.79. The zero-order chi connectivity index (χ0) is 21.7. The van der Waals surface area contributed by atoms with Crippen LogP contribution >= 0.6 is 0 Å². The van der Waals surface area contributed by atoms with Crippen molar-refractivity contribution < 1.29 is 18.1 Å². The van der Waals surface area contributed by atoms with Gasteiger partial charge in [0.05, 0.1) is 11.8 Å². The van der Waals surface area contributed by atoms with Gasteiger partial charge in [-0.25, -0.2) is 4.57 Å². The van der Waals surface area contributed by atoms with Crippen LogP contribution < -0.4 is 9.30 Å². The Labute approximate surface area is 184 Å². The lowest BCUT2D eigenvalue weighted by Crippen LogP contribution is -2.31. The zero-order valence-electron chi connectivity index (χ0n) is 18.4. The highest BCUT2D eigenvalue weighted by Crippen LogP contribution is 2.51. The van der Waals surface area contributed by atoms with Crippen LogP contribution in [0.1, 0.15) is 30.9 Å². The molecule has 156 valence electrons. The molecule has 0 atom stereocenters. The van der Waals surface area contributed by atoms with Crippen LogP contribution in [0.3, 0.4) is 0 Å². The number of furan rings is 2. The molecule has 7 rings (SSSR count). The van der Waals surface area contributed by atoms with Crippen LogP contribution in [0.25, 0.3) is 54.9 Å². The van der Waals surface area contributed by atoms with Crippen molar-refractivity contribution in [3.8, 4) is 22.8 Å². The van der Waals surface area contributed by atoms with Gasteiger partial charge in [0.25, 0.3) is 0 Å². The highest BCUT2D eigenvalue weighted by atomic mass is 16.5. The molecule has 4 heterocycles. The summed E-state index contributed by atoms with van der Waals surface area (Å²) >= 11 is 0. The smallest absolute Gasteiger partial charge is 0.228 e. The van der Waals surface area contributed by atoms with Crippen molar-refractivity contribution in [3.05, 3.63) is 66.1 Å². The fourth-order valence-corrected chi connectivity index (χ4v) is 5.25. The Kier molecular flexibility index (Phi) is 3.30. The summed E-state index contributed by atoms with van der Waals surface area (Å²) in [6.45, 7) is 6.51. The zero-order valence-corrected chi connectivity index (χ0v) is 18.4. The Morgan fingerprint density at radius 1 is 0.875 bits per heavy atom. The van der Waals surface area contributed by atoms with Crippen molar-refractivity contribution in [1.82, 2.24) is 0 Å². The monoisotopic (exact) mass is 420 g/mol. The van der Waals surface area contributed by atoms with Gasteiger partial charge < -0.3 is 13.6 Å². The molecule has 0 N–H and O–H groups in total. The summed E-state index contributed by atoms with van der Waals surface area (Å²) in [5.41, 5.74) is 7.29. The molecule has 3 aromatic carbocycles. The quantitative estimate of drug-likeness (QED) is 0.258. The maximum Gasteiger partial charge on any atom is 0.228 e. The topological polar surface area (TPSA) is 39.4 Å². The minimum atomic E-state index is 0.451. The molecule has 0 unspecified atom stereocenters. The Balaban J connectivity index is 1.64. The van der Waals surface area contributed by atoms with Gasteiger partial charge in [-0.1, -0.05) is 26.0 Å². The average Bonchev–Trinajstić information content (AvgIpc) is 3.39. The van der Waals surface area contributed by atoms with E-state index in [-0.39, 0.29) is 0 Å². The molecule has 0 fully saturated rings. The molecular formula is C28H22NO3+. The van der Waals surface area contributed by atoms with E-state index in [1.165, 1.54) is 5.56 Å². The molecule has 4 heteroatoms. The molecule has 6 aromatic rings. The van der Waals surface area contributed by atoms with Crippen LogP contribution in [0.2, 0.25) is 0 Å². The maximum absolute atomic E-state index is 6.55. The van der Waals surface area contributed by atoms with Gasteiger partial charge in [-0.3, -0.25) is 0 Å². The summed E-state index contributed by atoms with van der Waals surface area (Å²) in [4.78, 5) is 0. The normalized spacial score (nSPS) is 12.9. The third-order valence-corrected chi connectivity index (χ3v) is 6.91. The number of aryl methyl sites for hydroxylation is 2. The molecule has 1 aliphatic heterocycles. The van der Waals surface area contributed by atoms with Crippen molar-refractivity contribution in [3.63, 3.8) is 0 Å². The Morgan fingerprint density at radius 2 is 1.75 bits per heavy atom. The van der Waals surface area contributed by atoms with Gasteiger partial charge in [0.15, 0.2) is 6.20 Å². The van der Waals surface area contributed by atoms with Gasteiger partial charge >= 0.3 is 0 Å². The first-order chi connectivity index (χ1) is 15.5. The van der Waals surface area contributed by atoms with Crippen molar-refractivity contribution in [2.24, 2.45) is 7.05 Å². The largest absolute Gasteiger partial charge is 0.464 e. The molecule has 32 heavy (non-hydrogen) atoms. The van der Waals surface area contributed by atoms with E-state index in [1.807, 2.05) is 6.07 Å². The first-order valence-corrected chi connectivity index (χ1v) is 11.0. The lowest BCUT2D eigenvalue weighted by atomic mass is 9.93. The summed E-state index contributed by atoms with van der Waals surface area (Å²) in [6, 6.07) is 14.9. The first-order valence-electron chi connectivity index (χ1n) is 11.0. The minimum absolute atomic E-state index is 0.451. The molecule has 1 aliphatic rings. The summed E-state index contributed by atoms with van der Waals surface area (Å²) < 4.78 is 21.0. The Bertz CT molecular complexity index is 1750. The van der Waals surface area contributed by atoms with Gasteiger partial charge in [-0.2, -0.15) is 0 Å². The summed E-state index contributed by atoms with van der Waals surface area (Å²) in [7, 11) is 2.08. The highest BCUT2D eigenvalue weighted by molar-refractivity contribution is 6.20. The standard InChI is InChI=1S/C28H22NO3/c1-14(2)16-5-6-18-20-13-23-25-19(28(20)32-21(18)11-16)7-9-29(4)26(25)24-15(3)27-17(8-10-30-27)12-22(24)31-23/h5-14H,1-4H3/q+1. The minimum Gasteiger partial charge on any atom is -0.464 e. The SMILES string of the molecule is Cc1c2c(cc3ccoc13)Oc1cc3c4ccc(C(C)C)cc4oc3c3cc[n+](C)c-2c13. The van der Waals surface area contributed by atoms with E-state index in [1.54, 1.807) is 6.26 Å². The Morgan fingerprint density at radius 3 is 2.59 bits per heavy atom. The van der Waals surface area contributed by atoms with Crippen molar-refractivity contribution in [1.29, 1.82) is 0 Å². The van der Waals surface area contributed by atoms with Crippen molar-refractivity contribution >= 4 is 43.7 Å². The van der Waals surface area contributed by atoms with Gasteiger partial charge in [-0.05, 0) is 42.7 Å². The first kappa shape index (κ1) is 17.8. The van der Waals surface area contributed by atoms with Crippen LogP contribution in [0, 0.1) is 6.92 Å². The third kappa shape index (κ3) is 2.14. The van der Waals surface area contributed by atoms with E-state index in [2.05, 4.69) is 75.0 Å². The number of nitrogens with zero attached hydrogens (tertiary/aromatic N) is 1. The van der Waals surface area contributed by atoms with E-state index in [0.29, 0.717) is 5.92 Å². The second-order valence-electron chi connectivity index (χ2n) is 9.14. The molecular weight excluding hydrogens is 398 g/mol. The molecule has 0 saturated carbocycles. The summed E-state index contributed by atoms with van der Waals surface area (Å²) in [6.07, 6.45) is 3.84. The van der Waals surface area contributed by atoms with Crippen LogP contribution in [-0.2, 0) is 7.05 Å². The van der Waals surface area contributed by atoms with Crippen LogP contribution in [0.4, 0.5) is 0 Å². The fourth-order valence-electron chi connectivity index (χ4n) is 5.25. The number of hydrogen-bond acceptors (Lipinski definition) is 3. The number of fused-ring (bicyclic) bond motifs is 7. The van der Waals surface area contributed by atoms with Gasteiger partial charge in [-0.15, -0.1) is 0 Å². The maximum atomic E-state index is 6.55. The molecule has 0 spiro atoms. The van der Waals surface area contributed by atoms with Crippen molar-refractivity contribution in [2.75, 3.05) is 0 Å². The van der Waals surface area contributed by atoms with Crippen LogP contribution in [-0.4, -0.2) is 0 Å². The van der Waals surface area contributed by atoms with Crippen LogP contribution in [0.15, 0.2) is 63.8 Å². The van der Waals surface area contributed by atoms with Gasteiger partial charge in [0.1, 0.15) is 40.7 Å². The number of rotatable bonds is 1.